The van der Waals surface area contributed by atoms with Crippen LogP contribution in [0.25, 0.3) is 27.9 Å². The van der Waals surface area contributed by atoms with Gasteiger partial charge in [0.1, 0.15) is 5.58 Å². The van der Waals surface area contributed by atoms with E-state index in [2.05, 4.69) is 15.6 Å². The molecule has 0 unspecified atom stereocenters. The first-order valence-corrected chi connectivity index (χ1v) is 14.0. The lowest BCUT2D eigenvalue weighted by Gasteiger charge is -2.26. The van der Waals surface area contributed by atoms with Crippen LogP contribution in [0, 0.1) is 6.92 Å². The number of ether oxygens (including phenoxy) is 1. The van der Waals surface area contributed by atoms with Crippen molar-refractivity contribution in [3.8, 4) is 11.3 Å². The number of nitrogens with zero attached hydrogens (tertiary/aromatic N) is 4. The van der Waals surface area contributed by atoms with E-state index in [4.69, 9.17) is 14.1 Å². The van der Waals surface area contributed by atoms with Crippen molar-refractivity contribution in [1.82, 2.24) is 19.3 Å². The van der Waals surface area contributed by atoms with E-state index in [1.807, 2.05) is 90.4 Å². The fourth-order valence-electron chi connectivity index (χ4n) is 5.25. The van der Waals surface area contributed by atoms with E-state index >= 15 is 0 Å². The van der Waals surface area contributed by atoms with Crippen LogP contribution in [0.15, 0.2) is 95.8 Å². The van der Waals surface area contributed by atoms with E-state index in [0.29, 0.717) is 60.3 Å². The summed E-state index contributed by atoms with van der Waals surface area (Å²) in [6.45, 7) is 4.25. The third-order valence-corrected chi connectivity index (χ3v) is 7.57. The average Bonchev–Trinajstić information content (AvgIpc) is 3.70. The number of nitrogens with one attached hydrogen (secondary N) is 2. The zero-order chi connectivity index (χ0) is 29.3. The smallest absolute Gasteiger partial charge is 0.291 e. The summed E-state index contributed by atoms with van der Waals surface area (Å²) in [5, 5.41) is 7.23. The van der Waals surface area contributed by atoms with Crippen molar-refractivity contribution < 1.29 is 18.7 Å². The lowest BCUT2D eigenvalue weighted by atomic mass is 10.0. The Bertz CT molecular complexity index is 1940. The molecule has 3 aromatic heterocycles. The van der Waals surface area contributed by atoms with Gasteiger partial charge in [0.2, 0.25) is 0 Å². The number of hydrogen-bond acceptors (Lipinski definition) is 7. The Morgan fingerprint density at radius 1 is 0.953 bits per heavy atom. The molecular weight excluding hydrogens is 544 g/mol. The normalized spacial score (nSPS) is 13.4. The fraction of sp³-hybridized carbons (Fsp3) is 0.152. The predicted octanol–water partition coefficient (Wildman–Crippen LogP) is 5.92. The van der Waals surface area contributed by atoms with Gasteiger partial charge in [-0.15, -0.1) is 0 Å². The van der Waals surface area contributed by atoms with E-state index in [1.54, 1.807) is 17.2 Å². The molecule has 0 bridgehead atoms. The maximum absolute atomic E-state index is 13.1. The number of furan rings is 1. The van der Waals surface area contributed by atoms with Crippen LogP contribution in [0.1, 0.15) is 26.5 Å². The number of aromatic nitrogens is 3. The molecule has 1 saturated heterocycles. The molecule has 1 aliphatic heterocycles. The van der Waals surface area contributed by atoms with Gasteiger partial charge in [0.15, 0.2) is 17.2 Å². The molecule has 0 spiro atoms. The number of morpholine rings is 1. The summed E-state index contributed by atoms with van der Waals surface area (Å²) in [4.78, 5) is 37.1. The van der Waals surface area contributed by atoms with Gasteiger partial charge < -0.3 is 29.1 Å². The van der Waals surface area contributed by atoms with Gasteiger partial charge in [-0.3, -0.25) is 9.59 Å². The summed E-state index contributed by atoms with van der Waals surface area (Å²) in [7, 11) is 0. The van der Waals surface area contributed by atoms with Gasteiger partial charge in [0.25, 0.3) is 11.8 Å². The van der Waals surface area contributed by atoms with E-state index in [-0.39, 0.29) is 17.6 Å². The van der Waals surface area contributed by atoms with Crippen LogP contribution in [0.5, 0.6) is 0 Å². The maximum atomic E-state index is 13.1. The Hall–Kier alpha value is -5.48. The quantitative estimate of drug-likeness (QED) is 0.255. The van der Waals surface area contributed by atoms with Crippen molar-refractivity contribution >= 4 is 45.6 Å². The van der Waals surface area contributed by atoms with Crippen molar-refractivity contribution in [2.75, 3.05) is 36.9 Å². The van der Waals surface area contributed by atoms with Crippen LogP contribution in [-0.4, -0.2) is 57.4 Å². The molecule has 1 fully saturated rings. The largest absolute Gasteiger partial charge is 0.451 e. The molecule has 4 heterocycles. The summed E-state index contributed by atoms with van der Waals surface area (Å²) in [5.74, 6) is 0.472. The molecule has 0 saturated carbocycles. The summed E-state index contributed by atoms with van der Waals surface area (Å²) in [6, 6.07) is 22.3. The second-order valence-corrected chi connectivity index (χ2v) is 10.3. The molecule has 10 heteroatoms. The summed E-state index contributed by atoms with van der Waals surface area (Å²) >= 11 is 0. The summed E-state index contributed by atoms with van der Waals surface area (Å²) in [5.41, 5.74) is 5.78. The molecule has 2 amide bonds. The second kappa shape index (κ2) is 11.1. The number of anilines is 3. The molecule has 3 aromatic carbocycles. The van der Waals surface area contributed by atoms with E-state index in [0.717, 1.165) is 22.2 Å². The average molecular weight is 573 g/mol. The maximum Gasteiger partial charge on any atom is 0.291 e. The number of amides is 2. The van der Waals surface area contributed by atoms with Crippen LogP contribution in [-0.2, 0) is 4.74 Å². The van der Waals surface area contributed by atoms with Crippen molar-refractivity contribution in [2.24, 2.45) is 0 Å². The van der Waals surface area contributed by atoms with Gasteiger partial charge in [0, 0.05) is 59.6 Å². The molecule has 2 N–H and O–H groups in total. The van der Waals surface area contributed by atoms with Crippen LogP contribution >= 0.6 is 0 Å². The first kappa shape index (κ1) is 26.4. The minimum absolute atomic E-state index is 0.00612. The number of carbonyl (C=O) groups excluding carboxylic acids is 2. The van der Waals surface area contributed by atoms with Gasteiger partial charge in [0.05, 0.1) is 18.9 Å². The Labute approximate surface area is 246 Å². The molecular formula is C33H28N6O4. The summed E-state index contributed by atoms with van der Waals surface area (Å²) in [6.07, 6.45) is 5.48. The van der Waals surface area contributed by atoms with E-state index in [9.17, 15) is 9.59 Å². The van der Waals surface area contributed by atoms with E-state index < -0.39 is 0 Å². The first-order chi connectivity index (χ1) is 21.0. The van der Waals surface area contributed by atoms with E-state index in [1.165, 1.54) is 0 Å². The van der Waals surface area contributed by atoms with Crippen LogP contribution in [0.4, 0.5) is 17.2 Å². The highest BCUT2D eigenvalue weighted by Gasteiger charge is 2.19. The van der Waals surface area contributed by atoms with Crippen molar-refractivity contribution in [1.29, 1.82) is 0 Å². The van der Waals surface area contributed by atoms with Gasteiger partial charge in [-0.05, 0) is 55.0 Å². The van der Waals surface area contributed by atoms with Crippen molar-refractivity contribution in [2.45, 2.75) is 6.92 Å². The Morgan fingerprint density at radius 2 is 1.77 bits per heavy atom. The van der Waals surface area contributed by atoms with Gasteiger partial charge in [-0.2, -0.15) is 0 Å². The number of para-hydroxylation sites is 1. The lowest BCUT2D eigenvalue weighted by Crippen LogP contribution is -2.40. The summed E-state index contributed by atoms with van der Waals surface area (Å²) < 4.78 is 13.0. The number of rotatable bonds is 6. The molecule has 7 rings (SSSR count). The highest BCUT2D eigenvalue weighted by Crippen LogP contribution is 2.31. The molecule has 214 valence electrons. The zero-order valence-electron chi connectivity index (χ0n) is 23.4. The van der Waals surface area contributed by atoms with Gasteiger partial charge in [-0.1, -0.05) is 30.3 Å². The second-order valence-electron chi connectivity index (χ2n) is 10.3. The van der Waals surface area contributed by atoms with Crippen molar-refractivity contribution in [3.05, 3.63) is 108 Å². The third kappa shape index (κ3) is 5.20. The number of imidazole rings is 1. The Kier molecular flexibility index (Phi) is 6.80. The fourth-order valence-corrected chi connectivity index (χ4v) is 5.25. The molecule has 0 atom stereocenters. The van der Waals surface area contributed by atoms with Crippen LogP contribution in [0.2, 0.25) is 0 Å². The number of carbonyl (C=O) groups is 2. The van der Waals surface area contributed by atoms with Crippen LogP contribution in [0.3, 0.4) is 0 Å². The lowest BCUT2D eigenvalue weighted by molar-refractivity contribution is 0.0303. The minimum atomic E-state index is -0.327. The Balaban J connectivity index is 1.15. The molecule has 0 aliphatic carbocycles. The number of fused-ring (bicyclic) bond motifs is 2. The molecule has 10 nitrogen and oxygen atoms in total. The Morgan fingerprint density at radius 3 is 2.58 bits per heavy atom. The molecule has 0 radical (unpaired) electrons. The van der Waals surface area contributed by atoms with Crippen LogP contribution < -0.4 is 10.6 Å². The monoisotopic (exact) mass is 572 g/mol. The van der Waals surface area contributed by atoms with Crippen molar-refractivity contribution in [3.63, 3.8) is 0 Å². The highest BCUT2D eigenvalue weighted by atomic mass is 16.5. The number of hydrogen-bond donors (Lipinski definition) is 2. The predicted molar refractivity (Wildman–Crippen MR) is 164 cm³/mol. The minimum Gasteiger partial charge on any atom is -0.451 e. The molecule has 1 aliphatic rings. The molecule has 43 heavy (non-hydrogen) atoms. The third-order valence-electron chi connectivity index (χ3n) is 7.57. The topological polar surface area (TPSA) is 114 Å². The van der Waals surface area contributed by atoms with Gasteiger partial charge >= 0.3 is 0 Å². The van der Waals surface area contributed by atoms with Gasteiger partial charge in [-0.25, -0.2) is 9.97 Å². The zero-order valence-corrected chi connectivity index (χ0v) is 23.4. The first-order valence-electron chi connectivity index (χ1n) is 14.0. The number of benzene rings is 3. The standard InChI is InChI=1S/C33H28N6O4/c1-21-25(6-4-7-26(21)37-32(40)29-19-23-5-2-3-8-28(23)43-29)27-20-39-14-13-34-31(39)30(36-27)35-24-11-9-22(10-12-24)33(41)38-15-17-42-18-16-38/h2-14,19-20H,15-18H2,1H3,(H,35,36)(H,37,40). The SMILES string of the molecule is Cc1c(NC(=O)c2cc3ccccc3o2)cccc1-c1cn2ccnc2c(Nc2ccc(C(=O)N3CCOCC3)cc2)n1. The molecule has 6 aromatic rings. The highest BCUT2D eigenvalue weighted by molar-refractivity contribution is 6.05.